The molecule has 2 unspecified atom stereocenters. The number of rotatable bonds is 2. The maximum absolute atomic E-state index is 9.10. The van der Waals surface area contributed by atoms with Crippen LogP contribution in [0.3, 0.4) is 0 Å². The van der Waals surface area contributed by atoms with E-state index in [2.05, 4.69) is 16.3 Å². The van der Waals surface area contributed by atoms with Crippen LogP contribution in [0.25, 0.3) is 0 Å². The minimum Gasteiger partial charge on any atom is -0.381 e. The third-order valence-corrected chi connectivity index (χ3v) is 4.23. The van der Waals surface area contributed by atoms with Crippen LogP contribution in [-0.2, 0) is 0 Å². The van der Waals surface area contributed by atoms with E-state index in [1.807, 2.05) is 24.3 Å². The number of hydrogen-bond acceptors (Lipinski definition) is 3. The van der Waals surface area contributed by atoms with Gasteiger partial charge in [-0.2, -0.15) is 5.26 Å². The molecule has 2 saturated heterocycles. The summed E-state index contributed by atoms with van der Waals surface area (Å²) in [7, 11) is 0. The third kappa shape index (κ3) is 2.21. The number of hydrogen-bond donors (Lipinski definition) is 1. The zero-order valence-corrected chi connectivity index (χ0v) is 10.6. The molecule has 0 aromatic heterocycles. The van der Waals surface area contributed by atoms with Crippen LogP contribution in [0.15, 0.2) is 24.3 Å². The molecule has 0 spiro atoms. The highest BCUT2D eigenvalue weighted by molar-refractivity contribution is 5.57. The van der Waals surface area contributed by atoms with Gasteiger partial charge in [-0.15, -0.1) is 0 Å². The number of nitriles is 1. The second kappa shape index (κ2) is 4.99. The molecule has 2 fully saturated rings. The fraction of sp³-hybridized carbons (Fsp3) is 0.533. The Kier molecular flexibility index (Phi) is 3.21. The molecule has 18 heavy (non-hydrogen) atoms. The smallest absolute Gasteiger partial charge is 0.101 e. The molecule has 2 aliphatic rings. The van der Waals surface area contributed by atoms with E-state index in [1.165, 1.54) is 38.8 Å². The van der Waals surface area contributed by atoms with Crippen LogP contribution in [0.2, 0.25) is 0 Å². The number of fused-ring (bicyclic) bond motifs is 1. The van der Waals surface area contributed by atoms with Crippen molar-refractivity contribution in [1.82, 2.24) is 4.90 Å². The normalized spacial score (nSPS) is 27.5. The van der Waals surface area contributed by atoms with E-state index in [0.717, 1.165) is 17.3 Å². The average molecular weight is 241 g/mol. The van der Waals surface area contributed by atoms with E-state index in [4.69, 9.17) is 5.26 Å². The lowest BCUT2D eigenvalue weighted by Crippen LogP contribution is -2.42. The average Bonchev–Trinajstić information content (AvgIpc) is 2.87. The molecule has 0 bridgehead atoms. The fourth-order valence-corrected chi connectivity index (χ4v) is 3.28. The molecule has 2 aliphatic heterocycles. The second-order valence-corrected chi connectivity index (χ2v) is 5.36. The molecule has 0 saturated carbocycles. The Morgan fingerprint density at radius 2 is 2.11 bits per heavy atom. The van der Waals surface area contributed by atoms with E-state index in [1.54, 1.807) is 0 Å². The van der Waals surface area contributed by atoms with Crippen molar-refractivity contribution in [2.24, 2.45) is 0 Å². The minimum absolute atomic E-state index is 0.527. The van der Waals surface area contributed by atoms with Crippen LogP contribution in [0.1, 0.15) is 31.2 Å². The highest BCUT2D eigenvalue weighted by Gasteiger charge is 2.31. The van der Waals surface area contributed by atoms with Crippen molar-refractivity contribution < 1.29 is 0 Å². The monoisotopic (exact) mass is 241 g/mol. The van der Waals surface area contributed by atoms with Gasteiger partial charge in [0.25, 0.3) is 0 Å². The van der Waals surface area contributed by atoms with Crippen molar-refractivity contribution >= 4 is 5.69 Å². The van der Waals surface area contributed by atoms with Crippen molar-refractivity contribution in [2.75, 3.05) is 18.4 Å². The van der Waals surface area contributed by atoms with E-state index in [9.17, 15) is 0 Å². The summed E-state index contributed by atoms with van der Waals surface area (Å²) in [5.41, 5.74) is 1.75. The predicted molar refractivity (Wildman–Crippen MR) is 72.4 cm³/mol. The molecule has 1 aromatic carbocycles. The molecular weight excluding hydrogens is 222 g/mol. The van der Waals surface area contributed by atoms with Crippen molar-refractivity contribution in [2.45, 2.75) is 37.8 Å². The lowest BCUT2D eigenvalue weighted by molar-refractivity contribution is 0.188. The molecule has 2 heterocycles. The van der Waals surface area contributed by atoms with Crippen LogP contribution in [0.4, 0.5) is 5.69 Å². The number of piperidine rings is 1. The summed E-state index contributed by atoms with van der Waals surface area (Å²) in [6.45, 7) is 2.49. The Hall–Kier alpha value is -1.53. The van der Waals surface area contributed by atoms with Gasteiger partial charge in [0.05, 0.1) is 11.3 Å². The molecule has 2 atom stereocenters. The van der Waals surface area contributed by atoms with E-state index >= 15 is 0 Å². The quantitative estimate of drug-likeness (QED) is 0.865. The topological polar surface area (TPSA) is 39.1 Å². The maximum atomic E-state index is 9.10. The Morgan fingerprint density at radius 3 is 3.00 bits per heavy atom. The standard InChI is InChI=1S/C15H19N3/c16-11-12-4-1-2-6-15(12)17-13-7-9-18-8-3-5-14(18)10-13/h1-2,4,6,13-14,17H,3,5,7-10H2. The lowest BCUT2D eigenvalue weighted by Gasteiger charge is -2.35. The molecule has 0 aliphatic carbocycles. The Morgan fingerprint density at radius 1 is 1.22 bits per heavy atom. The molecule has 1 N–H and O–H groups in total. The Balaban J connectivity index is 1.68. The molecule has 0 amide bonds. The number of nitrogens with one attached hydrogen (secondary N) is 1. The van der Waals surface area contributed by atoms with E-state index in [0.29, 0.717) is 6.04 Å². The van der Waals surface area contributed by atoms with Crippen LogP contribution in [0.5, 0.6) is 0 Å². The van der Waals surface area contributed by atoms with E-state index in [-0.39, 0.29) is 0 Å². The zero-order valence-electron chi connectivity index (χ0n) is 10.6. The van der Waals surface area contributed by atoms with Gasteiger partial charge in [-0.05, 0) is 44.4 Å². The molecule has 0 radical (unpaired) electrons. The molecule has 3 nitrogen and oxygen atoms in total. The van der Waals surface area contributed by atoms with Crippen LogP contribution >= 0.6 is 0 Å². The molecule has 1 aromatic rings. The summed E-state index contributed by atoms with van der Waals surface area (Å²) in [6, 6.07) is 11.4. The van der Waals surface area contributed by atoms with Gasteiger partial charge in [0, 0.05) is 18.6 Å². The Bertz CT molecular complexity index is 463. The fourth-order valence-electron chi connectivity index (χ4n) is 3.28. The highest BCUT2D eigenvalue weighted by atomic mass is 15.2. The first-order valence-corrected chi connectivity index (χ1v) is 6.86. The first-order valence-electron chi connectivity index (χ1n) is 6.86. The lowest BCUT2D eigenvalue weighted by atomic mass is 9.97. The van der Waals surface area contributed by atoms with E-state index < -0.39 is 0 Å². The molecule has 3 rings (SSSR count). The van der Waals surface area contributed by atoms with Gasteiger partial charge in [0.1, 0.15) is 6.07 Å². The van der Waals surface area contributed by atoms with Gasteiger partial charge in [-0.3, -0.25) is 0 Å². The van der Waals surface area contributed by atoms with Gasteiger partial charge in [-0.1, -0.05) is 12.1 Å². The van der Waals surface area contributed by atoms with Crippen LogP contribution in [0, 0.1) is 11.3 Å². The van der Waals surface area contributed by atoms with Gasteiger partial charge in [0.15, 0.2) is 0 Å². The largest absolute Gasteiger partial charge is 0.381 e. The summed E-state index contributed by atoms with van der Waals surface area (Å²) in [6.07, 6.45) is 5.11. The van der Waals surface area contributed by atoms with Crippen molar-refractivity contribution in [3.63, 3.8) is 0 Å². The minimum atomic E-state index is 0.527. The van der Waals surface area contributed by atoms with Crippen molar-refractivity contribution in [3.8, 4) is 6.07 Å². The van der Waals surface area contributed by atoms with Gasteiger partial charge >= 0.3 is 0 Å². The number of nitrogens with zero attached hydrogens (tertiary/aromatic N) is 2. The number of anilines is 1. The summed E-state index contributed by atoms with van der Waals surface area (Å²) in [5, 5.41) is 12.7. The summed E-state index contributed by atoms with van der Waals surface area (Å²) < 4.78 is 0. The maximum Gasteiger partial charge on any atom is 0.101 e. The number of para-hydroxylation sites is 1. The van der Waals surface area contributed by atoms with Gasteiger partial charge < -0.3 is 10.2 Å². The summed E-state index contributed by atoms with van der Waals surface area (Å²) in [4.78, 5) is 2.62. The van der Waals surface area contributed by atoms with Crippen LogP contribution in [-0.4, -0.2) is 30.1 Å². The number of benzene rings is 1. The van der Waals surface area contributed by atoms with Gasteiger partial charge in [0.2, 0.25) is 0 Å². The van der Waals surface area contributed by atoms with Crippen LogP contribution < -0.4 is 5.32 Å². The van der Waals surface area contributed by atoms with Crippen molar-refractivity contribution in [1.29, 1.82) is 5.26 Å². The zero-order chi connectivity index (χ0) is 12.4. The first-order chi connectivity index (χ1) is 8.86. The second-order valence-electron chi connectivity index (χ2n) is 5.36. The summed E-state index contributed by atoms with van der Waals surface area (Å²) >= 11 is 0. The molecular formula is C15H19N3. The third-order valence-electron chi connectivity index (χ3n) is 4.23. The predicted octanol–water partition coefficient (Wildman–Crippen LogP) is 2.60. The Labute approximate surface area is 108 Å². The molecule has 3 heteroatoms. The first kappa shape index (κ1) is 11.6. The summed E-state index contributed by atoms with van der Waals surface area (Å²) in [5.74, 6) is 0. The molecule has 94 valence electrons. The highest BCUT2D eigenvalue weighted by Crippen LogP contribution is 2.29. The van der Waals surface area contributed by atoms with Gasteiger partial charge in [-0.25, -0.2) is 0 Å². The van der Waals surface area contributed by atoms with Crippen molar-refractivity contribution in [3.05, 3.63) is 29.8 Å². The SMILES string of the molecule is N#Cc1ccccc1NC1CCN2CCCC2C1.